The number of anilines is 1. The van der Waals surface area contributed by atoms with Crippen molar-refractivity contribution in [2.45, 2.75) is 221 Å². The van der Waals surface area contributed by atoms with Gasteiger partial charge in [-0.2, -0.15) is 8.42 Å². The number of sulfone groups is 3. The molecule has 586 valence electrons. The van der Waals surface area contributed by atoms with Gasteiger partial charge in [0.25, 0.3) is 10.1 Å². The number of phenols is 1. The lowest BCUT2D eigenvalue weighted by atomic mass is 9.97. The maximum atomic E-state index is 13.4. The van der Waals surface area contributed by atoms with Crippen molar-refractivity contribution in [1.29, 1.82) is 0 Å². The Hall–Kier alpha value is -4.12. The smallest absolute Gasteiger partial charge is 0.264 e. The molecular formula is C72H100Cl4N4O20S5. The van der Waals surface area contributed by atoms with Gasteiger partial charge in [0, 0.05) is 101 Å². The zero-order chi connectivity index (χ0) is 77.3. The molecule has 0 radical (unpaired) electrons. The van der Waals surface area contributed by atoms with E-state index in [4.69, 9.17) is 103 Å². The van der Waals surface area contributed by atoms with E-state index in [2.05, 4.69) is 35.7 Å². The van der Waals surface area contributed by atoms with Crippen molar-refractivity contribution in [3.8, 4) is 5.75 Å². The highest BCUT2D eigenvalue weighted by molar-refractivity contribution is 8.00. The second-order valence-electron chi connectivity index (χ2n) is 30.2. The number of nitrogens with zero attached hydrogens (tertiary/aromatic N) is 3. The van der Waals surface area contributed by atoms with Crippen LogP contribution in [0.1, 0.15) is 171 Å². The van der Waals surface area contributed by atoms with E-state index in [-0.39, 0.29) is 75.1 Å². The Morgan fingerprint density at radius 1 is 0.476 bits per heavy atom. The number of aliphatic hydroxyl groups excluding tert-OH is 1. The topological polar surface area (TPSA) is 346 Å². The van der Waals surface area contributed by atoms with Gasteiger partial charge in [0.15, 0.2) is 52.0 Å². The molecule has 0 amide bonds. The molecule has 0 aliphatic carbocycles. The third-order valence-electron chi connectivity index (χ3n) is 18.4. The molecule has 0 spiro atoms. The van der Waals surface area contributed by atoms with Crippen LogP contribution in [0.25, 0.3) is 33.3 Å². The predicted octanol–water partition coefficient (Wildman–Crippen LogP) is 15.2. The minimum atomic E-state index is -3.79. The van der Waals surface area contributed by atoms with E-state index < -0.39 is 60.1 Å². The lowest BCUT2D eigenvalue weighted by molar-refractivity contribution is 0.0140. The number of aromatic nitrogens is 3. The van der Waals surface area contributed by atoms with Gasteiger partial charge in [-0.15, -0.1) is 11.8 Å². The molecule has 6 aliphatic heterocycles. The summed E-state index contributed by atoms with van der Waals surface area (Å²) in [6.45, 7) is 28.3. The number of rotatable bonds is 10. The van der Waals surface area contributed by atoms with Gasteiger partial charge < -0.3 is 57.6 Å². The Morgan fingerprint density at radius 3 is 1.24 bits per heavy atom. The van der Waals surface area contributed by atoms with Crippen LogP contribution in [0.2, 0.25) is 20.1 Å². The van der Waals surface area contributed by atoms with Crippen LogP contribution in [-0.4, -0.2) is 177 Å². The molecule has 105 heavy (non-hydrogen) atoms. The minimum absolute atomic E-state index is 0.00126. The maximum Gasteiger partial charge on any atom is 0.264 e. The van der Waals surface area contributed by atoms with Gasteiger partial charge in [-0.05, 0) is 139 Å². The lowest BCUT2D eigenvalue weighted by Gasteiger charge is -2.33. The van der Waals surface area contributed by atoms with E-state index >= 15 is 0 Å². The number of benzene rings is 4. The number of phenolic OH excluding ortho intramolecular Hbond substituents is 1. The van der Waals surface area contributed by atoms with Crippen LogP contribution in [0.3, 0.4) is 0 Å². The average Bonchev–Trinajstić information content (AvgIpc) is 1.73. The molecule has 33 heteroatoms. The van der Waals surface area contributed by atoms with Crippen molar-refractivity contribution in [3.63, 3.8) is 0 Å². The molecule has 7 aromatic rings. The Bertz CT molecular complexity index is 4550. The predicted molar refractivity (Wildman–Crippen MR) is 409 cm³/mol. The number of aromatic hydroxyl groups is 1. The summed E-state index contributed by atoms with van der Waals surface area (Å²) in [5.41, 5.74) is 8.07. The number of hydrogen-bond donors (Lipinski definition) is 3. The molecule has 0 bridgehead atoms. The zero-order valence-corrected chi connectivity index (χ0v) is 68.7. The largest absolute Gasteiger partial charge is 0.504 e. The molecule has 6 aliphatic rings. The van der Waals surface area contributed by atoms with E-state index in [0.717, 1.165) is 85.3 Å². The molecule has 4 aromatic carbocycles. The monoisotopic (exact) mass is 1640 g/mol. The summed E-state index contributed by atoms with van der Waals surface area (Å²) in [6, 6.07) is 13.2. The van der Waals surface area contributed by atoms with Crippen molar-refractivity contribution in [3.05, 3.63) is 86.3 Å². The molecule has 0 saturated carbocycles. The van der Waals surface area contributed by atoms with E-state index in [1.807, 2.05) is 53.7 Å². The maximum absolute atomic E-state index is 13.4. The Labute approximate surface area is 641 Å². The highest BCUT2D eigenvalue weighted by Crippen LogP contribution is 2.46. The fourth-order valence-corrected chi connectivity index (χ4v) is 20.9. The van der Waals surface area contributed by atoms with Crippen LogP contribution in [0, 0.1) is 0 Å². The van der Waals surface area contributed by atoms with Gasteiger partial charge in [0.2, 0.25) is 17.7 Å². The van der Waals surface area contributed by atoms with Crippen LogP contribution in [0.5, 0.6) is 5.75 Å². The lowest BCUT2D eigenvalue weighted by Crippen LogP contribution is -2.41. The molecule has 4 N–H and O–H groups in total. The van der Waals surface area contributed by atoms with Gasteiger partial charge in [0.1, 0.15) is 31.2 Å². The van der Waals surface area contributed by atoms with Crippen molar-refractivity contribution in [1.82, 2.24) is 15.0 Å². The summed E-state index contributed by atoms with van der Waals surface area (Å²) in [5.74, 6) is 1.28. The van der Waals surface area contributed by atoms with Crippen molar-refractivity contribution in [2.24, 2.45) is 0 Å². The highest BCUT2D eigenvalue weighted by atomic mass is 35.5. The molecule has 0 atom stereocenters. The molecule has 9 heterocycles. The van der Waals surface area contributed by atoms with Gasteiger partial charge in [-0.1, -0.05) is 109 Å². The van der Waals surface area contributed by atoms with Crippen molar-refractivity contribution < 1.29 is 89.7 Å². The van der Waals surface area contributed by atoms with E-state index in [9.17, 15) is 38.8 Å². The van der Waals surface area contributed by atoms with Crippen LogP contribution in [-0.2, 0) is 88.5 Å². The summed E-state index contributed by atoms with van der Waals surface area (Å²) in [7, 11) is -14.4. The number of hydrogen-bond acceptors (Lipinski definition) is 25. The first-order valence-corrected chi connectivity index (χ1v) is 43.7. The van der Waals surface area contributed by atoms with E-state index in [1.54, 1.807) is 49.9 Å². The third kappa shape index (κ3) is 21.9. The summed E-state index contributed by atoms with van der Waals surface area (Å²) < 4.78 is 151. The normalized spacial score (nSPS) is 19.2. The fraction of sp³-hybridized carbons (Fsp3) is 0.625. The first-order valence-electron chi connectivity index (χ1n) is 35.0. The number of nitrogens with two attached hydrogens (primary N) is 1. The summed E-state index contributed by atoms with van der Waals surface area (Å²) >= 11 is 26.7. The van der Waals surface area contributed by atoms with Gasteiger partial charge in [-0.3, -0.25) is 4.18 Å². The average molecular weight is 1640 g/mol. The number of aliphatic hydroxyl groups is 1. The summed E-state index contributed by atoms with van der Waals surface area (Å²) in [6.07, 6.45) is 8.43. The van der Waals surface area contributed by atoms with E-state index in [1.165, 1.54) is 12.1 Å². The Morgan fingerprint density at radius 2 is 0.819 bits per heavy atom. The Kier molecular flexibility index (Phi) is 29.6. The highest BCUT2D eigenvalue weighted by Gasteiger charge is 2.46. The van der Waals surface area contributed by atoms with Gasteiger partial charge in [0.05, 0.1) is 63.9 Å². The summed E-state index contributed by atoms with van der Waals surface area (Å²) in [4.78, 5) is 14.3. The van der Waals surface area contributed by atoms with Crippen molar-refractivity contribution >= 4 is 137 Å². The number of thioether (sulfide) groups is 1. The van der Waals surface area contributed by atoms with E-state index in [0.29, 0.717) is 132 Å². The summed E-state index contributed by atoms with van der Waals surface area (Å²) in [5, 5.41) is 19.9. The second-order valence-corrected chi connectivity index (χ2v) is 41.7. The van der Waals surface area contributed by atoms with Crippen molar-refractivity contribution in [2.75, 3.05) is 91.3 Å². The van der Waals surface area contributed by atoms with Gasteiger partial charge >= 0.3 is 0 Å². The zero-order valence-electron chi connectivity index (χ0n) is 61.6. The standard InChI is InChI=1S/C17H22ClNO4S.C16H20ClNO4S.C16H20ClNO2S.C12H16ClNO4S.C6H12O4S.C5H10O2/c1-16(2,3)15-19-12-6-5-11(18)14(13(12)23-15)24(20,21)17(4)7-9-22-10-8-17;1-16(2,3)15-18-12-5-4-11(17)14(13(12)22-15)23(19,20)10-6-8-21-9-7-10;1-16(2,3)15-18-12-5-4-11(17)14(13(12)20-15)21-10-6-8-19-9-7-10;1-12(4-6-18-7-5-12)19(16,17)11-8(13)2-3-9(14)10(11)15;1-11(7,8)10-6-2-4-9-5-3-6;6-5-1-3-7-4-2-5/h5-6H,7-10H2,1-4H3;4-5,10H,6-9H2,1-3H3;4-5,10H,6-9H2,1-3H3;2-3,15H,4-7,14H2,1H3;6H,2-5H2,1H3;5-6H,1-4H2. The SMILES string of the molecule is CC(C)(C)c1nc2ccc(Cl)c(S(=O)(=O)C3(C)CCOCC3)c2o1.CC(C)(C)c1nc2ccc(Cl)c(S(=O)(=O)C3CCOCC3)c2o1.CC(C)(C)c1nc2ccc(Cl)c(SC3CCOCC3)c2o1.CC1(S(=O)(=O)c2c(Cl)ccc(N)c2O)CCOCC1.CS(=O)(=O)OC1CCOCC1.OC1CCOCC1. The first-order chi connectivity index (χ1) is 49.0. The molecule has 3 aromatic heterocycles. The Balaban J connectivity index is 0.000000164. The van der Waals surface area contributed by atoms with Gasteiger partial charge in [-0.25, -0.2) is 40.2 Å². The number of ether oxygens (including phenoxy) is 6. The second kappa shape index (κ2) is 35.9. The minimum Gasteiger partial charge on any atom is -0.504 e. The number of fused-ring (bicyclic) bond motifs is 3. The van der Waals surface area contributed by atoms with Crippen LogP contribution >= 0.6 is 58.2 Å². The molecular weight excluding hydrogens is 1540 g/mol. The van der Waals surface area contributed by atoms with Crippen LogP contribution < -0.4 is 5.73 Å². The molecule has 13 rings (SSSR count). The number of halogens is 4. The fourth-order valence-electron chi connectivity index (χ4n) is 11.7. The van der Waals surface area contributed by atoms with Crippen LogP contribution in [0.15, 0.2) is 81.4 Å². The molecule has 0 unspecified atom stereocenters. The third-order valence-corrected chi connectivity index (χ3v) is 29.8. The number of oxazole rings is 3. The molecule has 6 fully saturated rings. The number of nitrogen functional groups attached to an aromatic ring is 1. The van der Waals surface area contributed by atoms with Crippen LogP contribution in [0.4, 0.5) is 5.69 Å². The quantitative estimate of drug-likeness (QED) is 0.0650. The molecule has 24 nitrogen and oxygen atoms in total. The first kappa shape index (κ1) is 86.5. The molecule has 6 saturated heterocycles.